The molecule has 4 N–H and O–H groups in total. The van der Waals surface area contributed by atoms with E-state index in [4.69, 9.17) is 19.3 Å². The molecule has 0 aliphatic carbocycles. The summed E-state index contributed by atoms with van der Waals surface area (Å²) in [5.74, 6) is -2.30. The summed E-state index contributed by atoms with van der Waals surface area (Å²) in [6.45, 7) is 0. The summed E-state index contributed by atoms with van der Waals surface area (Å²) in [7, 11) is -10.9. The lowest BCUT2D eigenvalue weighted by Gasteiger charge is -2.11. The molecule has 0 aromatic carbocycles. The molecule has 0 spiro atoms. The highest BCUT2D eigenvalue weighted by Crippen LogP contribution is 2.17. The van der Waals surface area contributed by atoms with E-state index in [1.54, 1.807) is 0 Å². The van der Waals surface area contributed by atoms with Gasteiger partial charge < -0.3 is 10.2 Å². The van der Waals surface area contributed by atoms with E-state index in [1.807, 2.05) is 0 Å². The molecule has 11 heteroatoms. The van der Waals surface area contributed by atoms with Crippen molar-refractivity contribution in [2.45, 2.75) is 4.58 Å². The fourth-order valence-electron chi connectivity index (χ4n) is 0.537. The number of aliphatic hydroxyl groups excluding tert-OH is 1. The molecule has 0 heterocycles. The normalized spacial score (nSPS) is 13.5. The average Bonchev–Trinajstić information content (AvgIpc) is 1.79. The van der Waals surface area contributed by atoms with Crippen LogP contribution in [-0.4, -0.2) is 46.7 Å². The number of hydrogen-bond acceptors (Lipinski definition) is 6. The van der Waals surface area contributed by atoms with Crippen molar-refractivity contribution in [3.05, 3.63) is 6.10 Å². The summed E-state index contributed by atoms with van der Waals surface area (Å²) >= 11 is 0. The predicted octanol–water partition coefficient (Wildman–Crippen LogP) is -1.92. The lowest BCUT2D eigenvalue weighted by molar-refractivity contribution is -0.139. The van der Waals surface area contributed by atoms with Gasteiger partial charge in [0.05, 0.1) is 0 Å². The highest BCUT2D eigenvalue weighted by Gasteiger charge is 2.47. The highest BCUT2D eigenvalue weighted by molar-refractivity contribution is 8.04. The van der Waals surface area contributed by atoms with Crippen LogP contribution in [0.4, 0.5) is 0 Å². The Morgan fingerprint density at radius 2 is 1.21 bits per heavy atom. The van der Waals surface area contributed by atoms with Crippen LogP contribution in [0.1, 0.15) is 0 Å². The first kappa shape index (κ1) is 13.2. The molecule has 0 aromatic rings. The molecule has 0 aromatic heterocycles. The Bertz CT molecular complexity index is 383. The molecular formula is C3H5O9S2. The van der Waals surface area contributed by atoms with Crippen molar-refractivity contribution in [3.8, 4) is 0 Å². The SMILES string of the molecule is O=C(O)[C](O)C(S(=O)(=O)O)S(=O)(=O)O. The third-order valence-electron chi connectivity index (χ3n) is 0.983. The second-order valence-corrected chi connectivity index (χ2v) is 5.35. The Morgan fingerprint density at radius 3 is 1.29 bits per heavy atom. The zero-order valence-corrected chi connectivity index (χ0v) is 7.86. The maximum Gasteiger partial charge on any atom is 0.342 e. The Hall–Kier alpha value is -0.750. The van der Waals surface area contributed by atoms with Gasteiger partial charge in [-0.3, -0.25) is 9.11 Å². The highest BCUT2D eigenvalue weighted by atomic mass is 32.3. The molecule has 0 bridgehead atoms. The van der Waals surface area contributed by atoms with Gasteiger partial charge in [-0.2, -0.15) is 16.8 Å². The van der Waals surface area contributed by atoms with Crippen LogP contribution in [0.5, 0.6) is 0 Å². The zero-order valence-electron chi connectivity index (χ0n) is 6.22. The van der Waals surface area contributed by atoms with Crippen LogP contribution in [0.15, 0.2) is 0 Å². The summed E-state index contributed by atoms with van der Waals surface area (Å²) in [5, 5.41) is 16.5. The van der Waals surface area contributed by atoms with Crippen LogP contribution in [0.2, 0.25) is 0 Å². The van der Waals surface area contributed by atoms with Crippen LogP contribution in [0.25, 0.3) is 0 Å². The molecule has 0 atom stereocenters. The third kappa shape index (κ3) is 3.19. The average molecular weight is 249 g/mol. The second kappa shape index (κ2) is 3.78. The largest absolute Gasteiger partial charge is 0.479 e. The van der Waals surface area contributed by atoms with Gasteiger partial charge in [-0.15, -0.1) is 0 Å². The lowest BCUT2D eigenvalue weighted by Crippen LogP contribution is -2.39. The molecule has 0 unspecified atom stereocenters. The van der Waals surface area contributed by atoms with Gasteiger partial charge in [0.2, 0.25) is 6.10 Å². The lowest BCUT2D eigenvalue weighted by atomic mass is 10.4. The Kier molecular flexibility index (Phi) is 3.58. The number of carboxylic acid groups (broad SMARTS) is 1. The predicted molar refractivity (Wildman–Crippen MR) is 39.7 cm³/mol. The van der Waals surface area contributed by atoms with Gasteiger partial charge in [0.15, 0.2) is 0 Å². The van der Waals surface area contributed by atoms with Crippen molar-refractivity contribution >= 4 is 26.2 Å². The molecule has 0 saturated heterocycles. The number of carboxylic acids is 1. The summed E-state index contributed by atoms with van der Waals surface area (Å²) < 4.78 is 54.3. The summed E-state index contributed by atoms with van der Waals surface area (Å²) in [6.07, 6.45) is -2.12. The number of aliphatic carboxylic acids is 1. The van der Waals surface area contributed by atoms with Gasteiger partial charge in [0.1, 0.15) is 0 Å². The summed E-state index contributed by atoms with van der Waals surface area (Å²) in [4.78, 5) is 10.00. The van der Waals surface area contributed by atoms with Crippen LogP contribution < -0.4 is 0 Å². The van der Waals surface area contributed by atoms with Crippen molar-refractivity contribution in [2.24, 2.45) is 0 Å². The fourth-order valence-corrected chi connectivity index (χ4v) is 2.53. The van der Waals surface area contributed by atoms with Crippen LogP contribution in [0.3, 0.4) is 0 Å². The molecule has 0 rings (SSSR count). The molecule has 9 nitrogen and oxygen atoms in total. The molecule has 0 aliphatic rings. The van der Waals surface area contributed by atoms with Crippen LogP contribution >= 0.6 is 0 Å². The van der Waals surface area contributed by atoms with Crippen molar-refractivity contribution < 1.29 is 40.9 Å². The number of rotatable bonds is 4. The van der Waals surface area contributed by atoms with Gasteiger partial charge >= 0.3 is 5.97 Å². The first-order valence-corrected chi connectivity index (χ1v) is 5.70. The molecule has 83 valence electrons. The first-order valence-electron chi connectivity index (χ1n) is 2.69. The maximum atomic E-state index is 10.3. The van der Waals surface area contributed by atoms with Gasteiger partial charge in [0, 0.05) is 0 Å². The zero-order chi connectivity index (χ0) is 11.7. The molecule has 0 amide bonds. The van der Waals surface area contributed by atoms with E-state index in [-0.39, 0.29) is 0 Å². The monoisotopic (exact) mass is 249 g/mol. The second-order valence-electron chi connectivity index (χ2n) is 2.05. The Labute approximate surface area is 78.5 Å². The minimum Gasteiger partial charge on any atom is -0.479 e. The smallest absolute Gasteiger partial charge is 0.342 e. The molecule has 1 radical (unpaired) electrons. The number of carbonyl (C=O) groups is 1. The maximum absolute atomic E-state index is 10.3. The van der Waals surface area contributed by atoms with E-state index in [2.05, 4.69) is 0 Å². The van der Waals surface area contributed by atoms with Gasteiger partial charge in [-0.05, 0) is 0 Å². The molecule has 14 heavy (non-hydrogen) atoms. The van der Waals surface area contributed by atoms with Crippen LogP contribution in [0, 0.1) is 6.10 Å². The summed E-state index contributed by atoms with van der Waals surface area (Å²) in [6, 6.07) is 0. The molecule has 0 saturated carbocycles. The molecular weight excluding hydrogens is 244 g/mol. The molecule has 0 fully saturated rings. The van der Waals surface area contributed by atoms with Gasteiger partial charge in [0.25, 0.3) is 24.8 Å². The quantitative estimate of drug-likeness (QED) is 0.415. The third-order valence-corrected chi connectivity index (χ3v) is 3.97. The van der Waals surface area contributed by atoms with E-state index in [0.29, 0.717) is 0 Å². The Morgan fingerprint density at radius 1 is 0.929 bits per heavy atom. The van der Waals surface area contributed by atoms with Crippen molar-refractivity contribution in [1.82, 2.24) is 0 Å². The minimum atomic E-state index is -5.47. The topological polar surface area (TPSA) is 166 Å². The minimum absolute atomic E-state index is 2.12. The van der Waals surface area contributed by atoms with Gasteiger partial charge in [-0.25, -0.2) is 4.79 Å². The van der Waals surface area contributed by atoms with E-state index in [0.717, 1.165) is 0 Å². The first-order chi connectivity index (χ1) is 5.98. The fraction of sp³-hybridized carbons (Fsp3) is 0.333. The van der Waals surface area contributed by atoms with Crippen molar-refractivity contribution in [1.29, 1.82) is 0 Å². The van der Waals surface area contributed by atoms with Crippen molar-refractivity contribution in [3.63, 3.8) is 0 Å². The summed E-state index contributed by atoms with van der Waals surface area (Å²) in [5.41, 5.74) is 0. The standard InChI is InChI=1S/C3H5O9S2/c4-1(2(5)6)3(13(7,8)9)14(10,11)12/h3-4H,(H,5,6)(H,7,8,9)(H,10,11,12). The van der Waals surface area contributed by atoms with Crippen molar-refractivity contribution in [2.75, 3.05) is 0 Å². The van der Waals surface area contributed by atoms with Gasteiger partial charge in [-0.1, -0.05) is 0 Å². The van der Waals surface area contributed by atoms with Crippen LogP contribution in [-0.2, 0) is 25.0 Å². The van der Waals surface area contributed by atoms with E-state index < -0.39 is 36.9 Å². The number of aliphatic hydroxyl groups is 1. The molecule has 0 aliphatic heterocycles. The van der Waals surface area contributed by atoms with E-state index in [9.17, 15) is 21.6 Å². The Balaban J connectivity index is 5.49. The van der Waals surface area contributed by atoms with E-state index >= 15 is 0 Å². The van der Waals surface area contributed by atoms with E-state index in [1.165, 1.54) is 0 Å². The number of hydrogen-bond donors (Lipinski definition) is 4.